The Bertz CT molecular complexity index is 588. The summed E-state index contributed by atoms with van der Waals surface area (Å²) < 4.78 is 2.76. The van der Waals surface area contributed by atoms with E-state index in [0.29, 0.717) is 5.41 Å². The summed E-state index contributed by atoms with van der Waals surface area (Å²) in [5.41, 5.74) is 1.40. The summed E-state index contributed by atoms with van der Waals surface area (Å²) in [6.45, 7) is 4.78. The van der Waals surface area contributed by atoms with Crippen molar-refractivity contribution in [3.63, 3.8) is 0 Å². The average Bonchev–Trinajstić information content (AvgIpc) is 2.82. The molecule has 1 unspecified atom stereocenters. The Labute approximate surface area is 146 Å². The number of halogens is 1. The van der Waals surface area contributed by atoms with Gasteiger partial charge in [0, 0.05) is 6.54 Å². The van der Waals surface area contributed by atoms with Crippen molar-refractivity contribution in [2.45, 2.75) is 58.4 Å². The molecule has 4 nitrogen and oxygen atoms in total. The lowest BCUT2D eigenvalue weighted by Crippen LogP contribution is -2.51. The molecule has 4 aliphatic rings. The van der Waals surface area contributed by atoms with Crippen LogP contribution in [0.3, 0.4) is 0 Å². The molecule has 5 rings (SSSR count). The van der Waals surface area contributed by atoms with Crippen LogP contribution in [0.2, 0.25) is 0 Å². The van der Waals surface area contributed by atoms with Crippen molar-refractivity contribution in [1.82, 2.24) is 15.1 Å². The molecule has 4 fully saturated rings. The van der Waals surface area contributed by atoms with E-state index in [2.05, 4.69) is 26.3 Å². The number of nitrogens with zero attached hydrogens (tertiary/aromatic N) is 2. The highest BCUT2D eigenvalue weighted by atomic mass is 79.9. The highest BCUT2D eigenvalue weighted by Crippen LogP contribution is 2.59. The number of amides is 1. The Morgan fingerprint density at radius 3 is 2.39 bits per heavy atom. The minimum absolute atomic E-state index is 0.0967. The zero-order valence-corrected chi connectivity index (χ0v) is 15.6. The van der Waals surface area contributed by atoms with Crippen LogP contribution in [0.1, 0.15) is 57.2 Å². The van der Waals surface area contributed by atoms with Crippen LogP contribution in [0.25, 0.3) is 0 Å². The summed E-state index contributed by atoms with van der Waals surface area (Å²) >= 11 is 3.47. The number of carbonyl (C=O) groups excluding carboxylic acids is 1. The molecular formula is C18H26BrN3O. The van der Waals surface area contributed by atoms with Crippen LogP contribution in [-0.2, 0) is 4.79 Å². The monoisotopic (exact) mass is 379 g/mol. The fourth-order valence-electron chi connectivity index (χ4n) is 5.83. The van der Waals surface area contributed by atoms with E-state index in [1.165, 1.54) is 38.5 Å². The Morgan fingerprint density at radius 2 is 1.91 bits per heavy atom. The van der Waals surface area contributed by atoms with Crippen LogP contribution < -0.4 is 5.32 Å². The van der Waals surface area contributed by atoms with Crippen LogP contribution in [0.15, 0.2) is 10.7 Å². The van der Waals surface area contributed by atoms with Crippen molar-refractivity contribution in [2.75, 3.05) is 6.54 Å². The summed E-state index contributed by atoms with van der Waals surface area (Å²) in [4.78, 5) is 12.6. The van der Waals surface area contributed by atoms with E-state index in [1.807, 2.05) is 13.8 Å². The van der Waals surface area contributed by atoms with Gasteiger partial charge in [-0.25, -0.2) is 0 Å². The average molecular weight is 380 g/mol. The summed E-state index contributed by atoms with van der Waals surface area (Å²) in [7, 11) is 0. The zero-order chi connectivity index (χ0) is 16.2. The number of rotatable bonds is 4. The summed E-state index contributed by atoms with van der Waals surface area (Å²) in [5.74, 6) is 2.89. The minimum Gasteiger partial charge on any atom is -0.354 e. The number of aromatic nitrogens is 2. The van der Waals surface area contributed by atoms with E-state index >= 15 is 0 Å². The molecule has 126 valence electrons. The highest BCUT2D eigenvalue weighted by molar-refractivity contribution is 9.10. The van der Waals surface area contributed by atoms with E-state index in [1.54, 1.807) is 10.9 Å². The second-order valence-corrected chi connectivity index (χ2v) is 9.19. The standard InChI is InChI=1S/C18H26BrN3O/c1-11-16(19)9-21-22(11)12(2)17(23)20-10-18-6-13-3-14(7-18)5-15(4-13)8-18/h9,12-15H,3-8,10H2,1-2H3,(H,20,23). The van der Waals surface area contributed by atoms with Gasteiger partial charge in [-0.15, -0.1) is 0 Å². The number of carbonyl (C=O) groups is 1. The third-order valence-corrected chi connectivity index (χ3v) is 7.31. The molecule has 4 aliphatic carbocycles. The molecule has 1 aromatic rings. The predicted octanol–water partition coefficient (Wildman–Crippen LogP) is 3.85. The van der Waals surface area contributed by atoms with Crippen molar-refractivity contribution >= 4 is 21.8 Å². The lowest BCUT2D eigenvalue weighted by Gasteiger charge is -2.57. The van der Waals surface area contributed by atoms with Gasteiger partial charge in [0.15, 0.2) is 0 Å². The first-order valence-corrected chi connectivity index (χ1v) is 9.72. The normalized spacial score (nSPS) is 36.2. The molecule has 1 heterocycles. The van der Waals surface area contributed by atoms with Gasteiger partial charge in [0.1, 0.15) is 6.04 Å². The molecule has 1 amide bonds. The van der Waals surface area contributed by atoms with Gasteiger partial charge in [-0.05, 0) is 91.5 Å². The summed E-state index contributed by atoms with van der Waals surface area (Å²) in [5, 5.41) is 7.58. The number of nitrogens with one attached hydrogen (secondary N) is 1. The maximum atomic E-state index is 12.6. The molecule has 1 aromatic heterocycles. The third-order valence-electron chi connectivity index (χ3n) is 6.53. The van der Waals surface area contributed by atoms with Crippen LogP contribution in [-0.4, -0.2) is 22.2 Å². The van der Waals surface area contributed by atoms with Gasteiger partial charge in [-0.2, -0.15) is 5.10 Å². The maximum absolute atomic E-state index is 12.6. The Hall–Kier alpha value is -0.840. The smallest absolute Gasteiger partial charge is 0.244 e. The van der Waals surface area contributed by atoms with Crippen molar-refractivity contribution < 1.29 is 4.79 Å². The molecule has 0 aliphatic heterocycles. The third kappa shape index (κ3) is 2.75. The molecule has 0 radical (unpaired) electrons. The Morgan fingerprint density at radius 1 is 1.35 bits per heavy atom. The van der Waals surface area contributed by atoms with Gasteiger partial charge in [0.2, 0.25) is 5.91 Å². The van der Waals surface area contributed by atoms with Crippen molar-refractivity contribution in [1.29, 1.82) is 0 Å². The van der Waals surface area contributed by atoms with Crippen molar-refractivity contribution in [2.24, 2.45) is 23.2 Å². The van der Waals surface area contributed by atoms with E-state index in [-0.39, 0.29) is 11.9 Å². The molecule has 0 spiro atoms. The first kappa shape index (κ1) is 15.7. The molecular weight excluding hydrogens is 354 g/mol. The molecule has 23 heavy (non-hydrogen) atoms. The topological polar surface area (TPSA) is 46.9 Å². The van der Waals surface area contributed by atoms with Crippen molar-refractivity contribution in [3.8, 4) is 0 Å². The quantitative estimate of drug-likeness (QED) is 0.863. The van der Waals surface area contributed by atoms with Crippen LogP contribution in [0.4, 0.5) is 0 Å². The van der Waals surface area contributed by atoms with E-state index in [9.17, 15) is 4.79 Å². The zero-order valence-electron chi connectivity index (χ0n) is 14.0. The van der Waals surface area contributed by atoms with E-state index in [4.69, 9.17) is 0 Å². The van der Waals surface area contributed by atoms with Crippen LogP contribution in [0, 0.1) is 30.1 Å². The van der Waals surface area contributed by atoms with Gasteiger partial charge in [0.05, 0.1) is 16.4 Å². The first-order chi connectivity index (χ1) is 11.0. The van der Waals surface area contributed by atoms with E-state index < -0.39 is 0 Å². The van der Waals surface area contributed by atoms with E-state index in [0.717, 1.165) is 34.5 Å². The Kier molecular flexibility index (Phi) is 3.82. The van der Waals surface area contributed by atoms with Crippen molar-refractivity contribution in [3.05, 3.63) is 16.4 Å². The largest absolute Gasteiger partial charge is 0.354 e. The van der Waals surface area contributed by atoms with Crippen LogP contribution >= 0.6 is 15.9 Å². The molecule has 0 saturated heterocycles. The van der Waals surface area contributed by atoms with Gasteiger partial charge in [-0.3, -0.25) is 9.48 Å². The number of hydrogen-bond donors (Lipinski definition) is 1. The fraction of sp³-hybridized carbons (Fsp3) is 0.778. The van der Waals surface area contributed by atoms with Gasteiger partial charge < -0.3 is 5.32 Å². The fourth-order valence-corrected chi connectivity index (χ4v) is 6.11. The molecule has 0 aromatic carbocycles. The molecule has 5 heteroatoms. The SMILES string of the molecule is Cc1c(Br)cnn1C(C)C(=O)NCC12CC3CC(CC(C3)C1)C2. The summed E-state index contributed by atoms with van der Waals surface area (Å²) in [6, 6.07) is -0.254. The molecule has 4 saturated carbocycles. The van der Waals surface area contributed by atoms with Gasteiger partial charge in [-0.1, -0.05) is 0 Å². The first-order valence-electron chi connectivity index (χ1n) is 8.93. The van der Waals surface area contributed by atoms with Gasteiger partial charge >= 0.3 is 0 Å². The second-order valence-electron chi connectivity index (χ2n) is 8.33. The predicted molar refractivity (Wildman–Crippen MR) is 93.0 cm³/mol. The van der Waals surface area contributed by atoms with Gasteiger partial charge in [0.25, 0.3) is 0 Å². The second kappa shape index (κ2) is 5.61. The summed E-state index contributed by atoms with van der Waals surface area (Å²) in [6.07, 6.45) is 10.1. The highest BCUT2D eigenvalue weighted by Gasteiger charge is 2.50. The lowest BCUT2D eigenvalue weighted by molar-refractivity contribution is -0.126. The lowest BCUT2D eigenvalue weighted by atomic mass is 9.49. The molecule has 1 N–H and O–H groups in total. The molecule has 4 bridgehead atoms. The molecule has 1 atom stereocenters. The van der Waals surface area contributed by atoms with Crippen LogP contribution in [0.5, 0.6) is 0 Å². The number of hydrogen-bond acceptors (Lipinski definition) is 2. The Balaban J connectivity index is 1.41. The minimum atomic E-state index is -0.254. The maximum Gasteiger partial charge on any atom is 0.244 e.